The highest BCUT2D eigenvalue weighted by Gasteiger charge is 2.28. The molecule has 1 amide bonds. The first-order valence-electron chi connectivity index (χ1n) is 8.52. The van der Waals surface area contributed by atoms with Gasteiger partial charge in [-0.2, -0.15) is 0 Å². The Labute approximate surface area is 161 Å². The van der Waals surface area contributed by atoms with Gasteiger partial charge < -0.3 is 14.6 Å². The molecule has 3 aromatic rings. The molecule has 26 heavy (non-hydrogen) atoms. The van der Waals surface area contributed by atoms with Crippen molar-refractivity contribution in [1.82, 2.24) is 9.88 Å². The Morgan fingerprint density at radius 2 is 2.04 bits per heavy atom. The van der Waals surface area contributed by atoms with Crippen LogP contribution in [0, 0.1) is 0 Å². The number of hydrogen-bond acceptors (Lipinski definition) is 2. The van der Waals surface area contributed by atoms with Crippen molar-refractivity contribution in [2.75, 3.05) is 6.54 Å². The Morgan fingerprint density at radius 3 is 2.85 bits per heavy atom. The first-order valence-corrected chi connectivity index (χ1v) is 9.27. The van der Waals surface area contributed by atoms with Crippen LogP contribution in [0.5, 0.6) is 5.75 Å². The highest BCUT2D eigenvalue weighted by Crippen LogP contribution is 2.30. The van der Waals surface area contributed by atoms with Crippen LogP contribution in [-0.2, 0) is 17.8 Å². The summed E-state index contributed by atoms with van der Waals surface area (Å²) in [5, 5.41) is 2.10. The van der Waals surface area contributed by atoms with Crippen LogP contribution in [0.4, 0.5) is 0 Å². The zero-order valence-corrected chi connectivity index (χ0v) is 15.8. The molecular formula is C20H18Cl2N2O2. The number of H-pyrrole nitrogens is 1. The minimum atomic E-state index is -0.625. The lowest BCUT2D eigenvalue weighted by Crippen LogP contribution is -2.43. The average Bonchev–Trinajstić information content (AvgIpc) is 3.01. The predicted octanol–water partition coefficient (Wildman–Crippen LogP) is 4.83. The van der Waals surface area contributed by atoms with Crippen LogP contribution in [0.1, 0.15) is 18.2 Å². The molecular weight excluding hydrogens is 371 g/mol. The smallest absolute Gasteiger partial charge is 0.263 e. The number of carbonyl (C=O) groups excluding carboxylic acids is 1. The standard InChI is InChI=1S/C20H18Cl2N2O2/c1-12(26-19-7-6-13(21)10-16(19)22)20(25)24-9-8-18-15(11-24)14-4-2-3-5-17(14)23-18/h2-7,10,12,23H,8-9,11H2,1H3/t12-/m0/s1. The Morgan fingerprint density at radius 1 is 1.23 bits per heavy atom. The summed E-state index contributed by atoms with van der Waals surface area (Å²) < 4.78 is 5.78. The third-order valence-electron chi connectivity index (χ3n) is 4.74. The summed E-state index contributed by atoms with van der Waals surface area (Å²) in [4.78, 5) is 18.2. The predicted molar refractivity (Wildman–Crippen MR) is 104 cm³/mol. The van der Waals surface area contributed by atoms with Crippen LogP contribution < -0.4 is 4.74 Å². The van der Waals surface area contributed by atoms with Gasteiger partial charge in [0.2, 0.25) is 0 Å². The molecule has 1 aliphatic rings. The molecule has 1 N–H and O–H groups in total. The number of carbonyl (C=O) groups is 1. The molecule has 4 rings (SSSR count). The Hall–Kier alpha value is -2.17. The van der Waals surface area contributed by atoms with E-state index in [0.29, 0.717) is 28.9 Å². The summed E-state index contributed by atoms with van der Waals surface area (Å²) >= 11 is 12.0. The van der Waals surface area contributed by atoms with Gasteiger partial charge >= 0.3 is 0 Å². The topological polar surface area (TPSA) is 45.3 Å². The van der Waals surface area contributed by atoms with Crippen molar-refractivity contribution in [3.05, 3.63) is 63.8 Å². The van der Waals surface area contributed by atoms with Crippen molar-refractivity contribution in [2.24, 2.45) is 0 Å². The van der Waals surface area contributed by atoms with E-state index < -0.39 is 6.10 Å². The Balaban J connectivity index is 1.51. The Bertz CT molecular complexity index is 983. The fourth-order valence-corrected chi connectivity index (χ4v) is 3.88. The van der Waals surface area contributed by atoms with Crippen LogP contribution >= 0.6 is 23.2 Å². The number of benzene rings is 2. The molecule has 0 spiro atoms. The van der Waals surface area contributed by atoms with E-state index in [-0.39, 0.29) is 5.91 Å². The molecule has 0 saturated carbocycles. The van der Waals surface area contributed by atoms with E-state index in [4.69, 9.17) is 27.9 Å². The van der Waals surface area contributed by atoms with Gasteiger partial charge in [-0.1, -0.05) is 41.4 Å². The fraction of sp³-hybridized carbons (Fsp3) is 0.250. The average molecular weight is 389 g/mol. The molecule has 0 fully saturated rings. The lowest BCUT2D eigenvalue weighted by Gasteiger charge is -2.29. The van der Waals surface area contributed by atoms with E-state index in [0.717, 1.165) is 11.9 Å². The molecule has 134 valence electrons. The first-order chi connectivity index (χ1) is 12.5. The minimum absolute atomic E-state index is 0.0491. The number of para-hydroxylation sites is 1. The summed E-state index contributed by atoms with van der Waals surface area (Å²) in [7, 11) is 0. The van der Waals surface area contributed by atoms with E-state index in [9.17, 15) is 4.79 Å². The number of nitrogens with one attached hydrogen (secondary N) is 1. The number of fused-ring (bicyclic) bond motifs is 3. The van der Waals surface area contributed by atoms with Crippen LogP contribution in [-0.4, -0.2) is 28.4 Å². The zero-order chi connectivity index (χ0) is 18.3. The summed E-state index contributed by atoms with van der Waals surface area (Å²) in [6, 6.07) is 13.2. The van der Waals surface area contributed by atoms with E-state index in [1.54, 1.807) is 25.1 Å². The van der Waals surface area contributed by atoms with Gasteiger partial charge in [-0.15, -0.1) is 0 Å². The number of hydrogen-bond donors (Lipinski definition) is 1. The SMILES string of the molecule is C[C@H](Oc1ccc(Cl)cc1Cl)C(=O)N1CCc2[nH]c3ccccc3c2C1. The lowest BCUT2D eigenvalue weighted by atomic mass is 10.0. The van der Waals surface area contributed by atoms with Crippen molar-refractivity contribution in [3.8, 4) is 5.75 Å². The fourth-order valence-electron chi connectivity index (χ4n) is 3.42. The molecule has 0 radical (unpaired) electrons. The maximum Gasteiger partial charge on any atom is 0.263 e. The summed E-state index contributed by atoms with van der Waals surface area (Å²) in [5.41, 5.74) is 3.52. The van der Waals surface area contributed by atoms with Gasteiger partial charge in [0, 0.05) is 46.7 Å². The minimum Gasteiger partial charge on any atom is -0.479 e. The molecule has 1 atom stereocenters. The molecule has 0 bridgehead atoms. The van der Waals surface area contributed by atoms with Crippen LogP contribution in [0.3, 0.4) is 0 Å². The van der Waals surface area contributed by atoms with Gasteiger partial charge in [0.25, 0.3) is 5.91 Å². The molecule has 1 aromatic heterocycles. The van der Waals surface area contributed by atoms with Crippen molar-refractivity contribution >= 4 is 40.0 Å². The lowest BCUT2D eigenvalue weighted by molar-refractivity contribution is -0.138. The second-order valence-corrected chi connectivity index (χ2v) is 7.32. The molecule has 6 heteroatoms. The quantitative estimate of drug-likeness (QED) is 0.698. The number of amides is 1. The van der Waals surface area contributed by atoms with Crippen molar-refractivity contribution in [2.45, 2.75) is 26.0 Å². The molecule has 4 nitrogen and oxygen atoms in total. The van der Waals surface area contributed by atoms with Crippen LogP contribution in [0.15, 0.2) is 42.5 Å². The highest BCUT2D eigenvalue weighted by molar-refractivity contribution is 6.35. The monoisotopic (exact) mass is 388 g/mol. The van der Waals surface area contributed by atoms with Crippen molar-refractivity contribution in [1.29, 1.82) is 0 Å². The summed E-state index contributed by atoms with van der Waals surface area (Å²) in [5.74, 6) is 0.411. The highest BCUT2D eigenvalue weighted by atomic mass is 35.5. The third kappa shape index (κ3) is 3.15. The maximum atomic E-state index is 12.9. The van der Waals surface area contributed by atoms with Gasteiger partial charge in [-0.25, -0.2) is 0 Å². The van der Waals surface area contributed by atoms with Gasteiger partial charge in [0.15, 0.2) is 6.10 Å². The normalized spacial score (nSPS) is 15.0. The molecule has 2 heterocycles. The molecule has 0 saturated heterocycles. The second kappa shape index (κ2) is 6.86. The summed E-state index contributed by atoms with van der Waals surface area (Å²) in [6.07, 6.45) is 0.185. The van der Waals surface area contributed by atoms with Crippen molar-refractivity contribution < 1.29 is 9.53 Å². The van der Waals surface area contributed by atoms with E-state index >= 15 is 0 Å². The third-order valence-corrected chi connectivity index (χ3v) is 5.27. The van der Waals surface area contributed by atoms with Crippen LogP contribution in [0.25, 0.3) is 10.9 Å². The second-order valence-electron chi connectivity index (χ2n) is 6.47. The van der Waals surface area contributed by atoms with E-state index in [2.05, 4.69) is 17.1 Å². The zero-order valence-electron chi connectivity index (χ0n) is 14.3. The first kappa shape index (κ1) is 17.3. The number of halogens is 2. The molecule has 0 aliphatic carbocycles. The number of aromatic nitrogens is 1. The van der Waals surface area contributed by atoms with E-state index in [1.807, 2.05) is 17.0 Å². The summed E-state index contributed by atoms with van der Waals surface area (Å²) in [6.45, 7) is 3.00. The largest absolute Gasteiger partial charge is 0.479 e. The maximum absolute atomic E-state index is 12.9. The van der Waals surface area contributed by atoms with E-state index in [1.165, 1.54) is 16.6 Å². The molecule has 2 aromatic carbocycles. The van der Waals surface area contributed by atoms with Gasteiger partial charge in [0.1, 0.15) is 5.75 Å². The number of aromatic amines is 1. The van der Waals surface area contributed by atoms with Gasteiger partial charge in [0.05, 0.1) is 5.02 Å². The molecule has 1 aliphatic heterocycles. The number of nitrogens with zero attached hydrogens (tertiary/aromatic N) is 1. The number of ether oxygens (including phenoxy) is 1. The molecule has 0 unspecified atom stereocenters. The van der Waals surface area contributed by atoms with Gasteiger partial charge in [-0.3, -0.25) is 4.79 Å². The Kier molecular flexibility index (Phi) is 4.55. The number of rotatable bonds is 3. The van der Waals surface area contributed by atoms with Gasteiger partial charge in [-0.05, 0) is 31.2 Å². The van der Waals surface area contributed by atoms with Crippen LogP contribution in [0.2, 0.25) is 10.0 Å². The van der Waals surface area contributed by atoms with Crippen molar-refractivity contribution in [3.63, 3.8) is 0 Å².